The fraction of sp³-hybridized carbons (Fsp3) is 0.417. The Morgan fingerprint density at radius 1 is 1.47 bits per heavy atom. The van der Waals surface area contributed by atoms with Crippen LogP contribution in [0.1, 0.15) is 19.8 Å². The number of carbonyl (C=O) groups excluding carboxylic acids is 1. The average molecular weight is 297 g/mol. The van der Waals surface area contributed by atoms with Gasteiger partial charge < -0.3 is 10.6 Å². The van der Waals surface area contributed by atoms with Gasteiger partial charge in [0.1, 0.15) is 17.1 Å². The lowest BCUT2D eigenvalue weighted by atomic mass is 10.2. The summed E-state index contributed by atoms with van der Waals surface area (Å²) in [5.74, 6) is -0.0150. The quantitative estimate of drug-likeness (QED) is 0.909. The van der Waals surface area contributed by atoms with E-state index >= 15 is 0 Å². The van der Waals surface area contributed by atoms with Gasteiger partial charge in [0.2, 0.25) is 5.91 Å². The highest BCUT2D eigenvalue weighted by atomic mass is 35.5. The molecule has 2 N–H and O–H groups in total. The summed E-state index contributed by atoms with van der Waals surface area (Å²) in [4.78, 5) is 11.9. The van der Waals surface area contributed by atoms with Gasteiger partial charge in [0.05, 0.1) is 22.4 Å². The molecule has 1 atom stereocenters. The van der Waals surface area contributed by atoms with Gasteiger partial charge in [-0.3, -0.25) is 4.79 Å². The zero-order valence-electron chi connectivity index (χ0n) is 10.3. The summed E-state index contributed by atoms with van der Waals surface area (Å²) in [6.07, 6.45) is 2.15. The van der Waals surface area contributed by atoms with Crippen molar-refractivity contribution in [2.45, 2.75) is 31.8 Å². The van der Waals surface area contributed by atoms with E-state index in [1.807, 2.05) is 13.0 Å². The second kappa shape index (κ2) is 4.94. The normalized spacial score (nSPS) is 16.3. The molecule has 0 radical (unpaired) electrons. The van der Waals surface area contributed by atoms with Crippen molar-refractivity contribution in [2.24, 2.45) is 0 Å². The molecule has 0 saturated heterocycles. The molecule has 1 aromatic carbocycles. The SMILES string of the molecule is CC(Nc1c(Cl)ccc2nsnc12)C(=O)NC1CC1. The molecule has 1 saturated carbocycles. The van der Waals surface area contributed by atoms with Crippen molar-refractivity contribution < 1.29 is 4.79 Å². The minimum atomic E-state index is -0.356. The highest BCUT2D eigenvalue weighted by molar-refractivity contribution is 7.00. The van der Waals surface area contributed by atoms with Gasteiger partial charge in [-0.25, -0.2) is 0 Å². The van der Waals surface area contributed by atoms with Gasteiger partial charge in [0, 0.05) is 6.04 Å². The summed E-state index contributed by atoms with van der Waals surface area (Å²) in [5.41, 5.74) is 2.17. The molecule has 0 aliphatic heterocycles. The van der Waals surface area contributed by atoms with Gasteiger partial charge >= 0.3 is 0 Å². The molecule has 5 nitrogen and oxygen atoms in total. The van der Waals surface area contributed by atoms with E-state index in [0.717, 1.165) is 30.1 Å². The zero-order valence-corrected chi connectivity index (χ0v) is 11.9. The molecule has 1 heterocycles. The number of nitrogens with one attached hydrogen (secondary N) is 2. The van der Waals surface area contributed by atoms with E-state index in [2.05, 4.69) is 19.4 Å². The molecule has 0 bridgehead atoms. The molecule has 19 heavy (non-hydrogen) atoms. The molecule has 1 aromatic heterocycles. The smallest absolute Gasteiger partial charge is 0.242 e. The van der Waals surface area contributed by atoms with Gasteiger partial charge in [-0.2, -0.15) is 8.75 Å². The van der Waals surface area contributed by atoms with Crippen LogP contribution in [0.2, 0.25) is 5.02 Å². The van der Waals surface area contributed by atoms with Crippen molar-refractivity contribution in [3.63, 3.8) is 0 Å². The molecule has 0 spiro atoms. The Kier molecular flexibility index (Phi) is 3.28. The highest BCUT2D eigenvalue weighted by Gasteiger charge is 2.26. The Bertz CT molecular complexity index is 625. The summed E-state index contributed by atoms with van der Waals surface area (Å²) < 4.78 is 8.38. The van der Waals surface area contributed by atoms with E-state index < -0.39 is 0 Å². The van der Waals surface area contributed by atoms with E-state index in [9.17, 15) is 4.79 Å². The molecule has 1 aliphatic carbocycles. The molecular formula is C12H13ClN4OS. The molecule has 1 unspecified atom stereocenters. The standard InChI is InChI=1S/C12H13ClN4OS/c1-6(12(18)15-7-2-3-7)14-10-8(13)4-5-9-11(10)17-19-16-9/h4-7,14H,2-3H2,1H3,(H,15,18). The van der Waals surface area contributed by atoms with Gasteiger partial charge in [-0.05, 0) is 31.9 Å². The third-order valence-corrected chi connectivity index (χ3v) is 3.91. The lowest BCUT2D eigenvalue weighted by molar-refractivity contribution is -0.121. The van der Waals surface area contributed by atoms with Crippen LogP contribution < -0.4 is 10.6 Å². The molecule has 1 fully saturated rings. The number of amides is 1. The van der Waals surface area contributed by atoms with E-state index in [4.69, 9.17) is 11.6 Å². The van der Waals surface area contributed by atoms with Gasteiger partial charge in [0.15, 0.2) is 0 Å². The maximum Gasteiger partial charge on any atom is 0.242 e. The summed E-state index contributed by atoms with van der Waals surface area (Å²) in [6.45, 7) is 1.81. The van der Waals surface area contributed by atoms with Gasteiger partial charge in [-0.1, -0.05) is 11.6 Å². The topological polar surface area (TPSA) is 66.9 Å². The summed E-state index contributed by atoms with van der Waals surface area (Å²) in [6, 6.07) is 3.58. The van der Waals surface area contributed by atoms with Crippen LogP contribution in [0.3, 0.4) is 0 Å². The first kappa shape index (κ1) is 12.6. The molecule has 1 amide bonds. The van der Waals surface area contributed by atoms with Crippen molar-refractivity contribution in [1.29, 1.82) is 0 Å². The average Bonchev–Trinajstić information content (AvgIpc) is 3.06. The second-order valence-corrected chi connectivity index (χ2v) is 5.64. The predicted octanol–water partition coefficient (Wildman–Crippen LogP) is 2.42. The van der Waals surface area contributed by atoms with Crippen LogP contribution in [0.25, 0.3) is 11.0 Å². The number of hydrogen-bond donors (Lipinski definition) is 2. The van der Waals surface area contributed by atoms with Crippen LogP contribution in [0.4, 0.5) is 5.69 Å². The van der Waals surface area contributed by atoms with Crippen LogP contribution >= 0.6 is 23.3 Å². The van der Waals surface area contributed by atoms with Crippen molar-refractivity contribution in [3.8, 4) is 0 Å². The Morgan fingerprint density at radius 3 is 3.00 bits per heavy atom. The number of rotatable bonds is 4. The molecule has 1 aliphatic rings. The lowest BCUT2D eigenvalue weighted by Crippen LogP contribution is -2.38. The highest BCUT2D eigenvalue weighted by Crippen LogP contribution is 2.30. The fourth-order valence-corrected chi connectivity index (χ4v) is 2.55. The zero-order chi connectivity index (χ0) is 13.4. The van der Waals surface area contributed by atoms with Crippen molar-refractivity contribution in [3.05, 3.63) is 17.2 Å². The Hall–Kier alpha value is -1.40. The summed E-state index contributed by atoms with van der Waals surface area (Å²) >= 11 is 7.30. The monoisotopic (exact) mass is 296 g/mol. The lowest BCUT2D eigenvalue weighted by Gasteiger charge is -2.16. The Morgan fingerprint density at radius 2 is 2.26 bits per heavy atom. The van der Waals surface area contributed by atoms with Crippen molar-refractivity contribution in [2.75, 3.05) is 5.32 Å². The number of fused-ring (bicyclic) bond motifs is 1. The number of halogens is 1. The maximum absolute atomic E-state index is 11.9. The first-order valence-corrected chi connectivity index (χ1v) is 7.23. The van der Waals surface area contributed by atoms with Crippen LogP contribution in [0, 0.1) is 0 Å². The molecule has 3 rings (SSSR count). The number of hydrogen-bond acceptors (Lipinski definition) is 5. The van der Waals surface area contributed by atoms with E-state index in [1.165, 1.54) is 0 Å². The number of benzene rings is 1. The Labute approximate surface area is 119 Å². The number of carbonyl (C=O) groups is 1. The van der Waals surface area contributed by atoms with Crippen LogP contribution in [-0.4, -0.2) is 26.7 Å². The first-order valence-electron chi connectivity index (χ1n) is 6.13. The fourth-order valence-electron chi connectivity index (χ4n) is 1.80. The Balaban J connectivity index is 1.81. The minimum Gasteiger partial charge on any atom is -0.371 e. The third kappa shape index (κ3) is 2.64. The van der Waals surface area contributed by atoms with Gasteiger partial charge in [-0.15, -0.1) is 0 Å². The molecular weight excluding hydrogens is 284 g/mol. The second-order valence-electron chi connectivity index (χ2n) is 4.70. The molecule has 100 valence electrons. The number of aromatic nitrogens is 2. The van der Waals surface area contributed by atoms with Crippen molar-refractivity contribution in [1.82, 2.24) is 14.1 Å². The molecule has 2 aromatic rings. The van der Waals surface area contributed by atoms with Crippen molar-refractivity contribution >= 4 is 46.0 Å². The van der Waals surface area contributed by atoms with Crippen LogP contribution in [0.5, 0.6) is 0 Å². The molecule has 7 heteroatoms. The van der Waals surface area contributed by atoms with E-state index in [1.54, 1.807) is 6.07 Å². The third-order valence-electron chi connectivity index (χ3n) is 3.05. The van der Waals surface area contributed by atoms with Crippen LogP contribution in [-0.2, 0) is 4.79 Å². The summed E-state index contributed by atoms with van der Waals surface area (Å²) in [5, 5.41) is 6.64. The van der Waals surface area contributed by atoms with Crippen LogP contribution in [0.15, 0.2) is 12.1 Å². The first-order chi connectivity index (χ1) is 9.15. The largest absolute Gasteiger partial charge is 0.371 e. The maximum atomic E-state index is 11.9. The van der Waals surface area contributed by atoms with E-state index in [0.29, 0.717) is 22.3 Å². The number of anilines is 1. The minimum absolute atomic E-state index is 0.0150. The van der Waals surface area contributed by atoms with Gasteiger partial charge in [0.25, 0.3) is 0 Å². The summed E-state index contributed by atoms with van der Waals surface area (Å²) in [7, 11) is 0. The van der Waals surface area contributed by atoms with E-state index in [-0.39, 0.29) is 11.9 Å². The predicted molar refractivity (Wildman–Crippen MR) is 76.7 cm³/mol. The number of nitrogens with zero attached hydrogens (tertiary/aromatic N) is 2.